The van der Waals surface area contributed by atoms with Crippen molar-refractivity contribution in [2.24, 2.45) is 0 Å². The molecular weight excluding hydrogens is 232 g/mol. The monoisotopic (exact) mass is 290 g/mol. The first-order valence-corrected chi connectivity index (χ1v) is 0.494. The molecule has 0 unspecified atom stereocenters. The number of rotatable bonds is 0. The van der Waals surface area contributed by atoms with Crippen LogP contribution in [0.2, 0.25) is 0 Å². The zero-order valence-corrected chi connectivity index (χ0v) is 2.43. The minimum atomic E-state index is -0.250. The highest BCUT2D eigenvalue weighted by Gasteiger charge is 1.22. The van der Waals surface area contributed by atoms with Crippen molar-refractivity contribution in [1.82, 2.24) is 0 Å². The van der Waals surface area contributed by atoms with Crippen molar-refractivity contribution in [3.8, 4) is 0 Å². The molecule has 0 bridgehead atoms. The lowest BCUT2D eigenvalue weighted by molar-refractivity contribution is -0.122. The third kappa shape index (κ3) is 8560. The Hall–Kier alpha value is -0.610. The van der Waals surface area contributed by atoms with Crippen LogP contribution in [0.3, 0.4) is 0 Å². The van der Waals surface area contributed by atoms with E-state index in [0.717, 1.165) is 0 Å². The fraction of sp³-hybridized carbons (Fsp3) is 0.929. The van der Waals surface area contributed by atoms with Crippen molar-refractivity contribution < 1.29 is 20.9 Å². The molecule has 0 atom stereocenters. The van der Waals surface area contributed by atoms with Crippen LogP contribution >= 0.6 is 0 Å². The Balaban J connectivity index is -0.000000000190. The van der Waals surface area contributed by atoms with Crippen LogP contribution in [0.1, 0.15) is 96.5 Å². The molecule has 138 valence electrons. The van der Waals surface area contributed by atoms with Crippen molar-refractivity contribution in [3.05, 3.63) is 0 Å². The van der Waals surface area contributed by atoms with Crippen molar-refractivity contribution >= 4 is 6.47 Å². The van der Waals surface area contributed by atoms with Gasteiger partial charge in [0.05, 0.1) is 0 Å². The van der Waals surface area contributed by atoms with Crippen molar-refractivity contribution in [2.45, 2.75) is 96.5 Å². The van der Waals surface area contributed by atoms with E-state index in [4.69, 9.17) is 9.90 Å². The Morgan fingerprint density at radius 3 is 0.444 bits per heavy atom. The highest BCUT2D eigenvalue weighted by atomic mass is 16.3. The van der Waals surface area contributed by atoms with E-state index in [0.29, 0.717) is 0 Å². The molecule has 0 rings (SSSR count). The first kappa shape index (κ1) is 2420. The fourth-order valence-corrected chi connectivity index (χ4v) is 0. The van der Waals surface area contributed by atoms with Gasteiger partial charge in [-0.25, -0.2) is 0 Å². The molecule has 0 aliphatic rings. The normalized spacial score (nSPS) is 0.667. The second kappa shape index (κ2) is 25500. The van der Waals surface area contributed by atoms with Gasteiger partial charge in [-0.1, -0.05) is 96.5 Å². The predicted molar refractivity (Wildman–Crippen MR) is 103 cm³/mol. The van der Waals surface area contributed by atoms with E-state index in [2.05, 4.69) is 0 Å². The zero-order valence-electron chi connectivity index (χ0n) is 2.43. The highest BCUT2D eigenvalue weighted by molar-refractivity contribution is 5.32. The third-order valence-electron chi connectivity index (χ3n) is 0. The van der Waals surface area contributed by atoms with Crippen LogP contribution in [0.25, 0.3) is 0 Å². The van der Waals surface area contributed by atoms with Gasteiger partial charge in [0.1, 0.15) is 0 Å². The molecule has 0 fully saturated rings. The van der Waals surface area contributed by atoms with Gasteiger partial charge in [-0.2, -0.15) is 0 Å². The van der Waals surface area contributed by atoms with E-state index in [9.17, 15) is 0 Å². The molecule has 5 N–H and O–H groups in total. The molecule has 0 saturated heterocycles. The minimum Gasteiger partial charge on any atom is -0.483 e. The first-order chi connectivity index (χ1) is 1.41. The SMILES string of the molecule is C.C.C.C.C.C.C.C.C.C.C.C.C.O.O.O=CO. The van der Waals surface area contributed by atoms with Crippen LogP contribution in [-0.2, 0) is 4.79 Å². The van der Waals surface area contributed by atoms with Gasteiger partial charge in [-0.15, -0.1) is 0 Å². The average molecular weight is 291 g/mol. The van der Waals surface area contributed by atoms with E-state index in [-0.39, 0.29) is 114 Å². The maximum atomic E-state index is 8.36. The number of carbonyl (C=O) groups is 1. The maximum Gasteiger partial charge on any atom is 0.290 e. The van der Waals surface area contributed by atoms with Gasteiger partial charge in [0, 0.05) is 0 Å². The zero-order chi connectivity index (χ0) is 2.71. The quantitative estimate of drug-likeness (QED) is 0.527. The van der Waals surface area contributed by atoms with E-state index < -0.39 is 0 Å². The van der Waals surface area contributed by atoms with Gasteiger partial charge in [0.25, 0.3) is 6.47 Å². The van der Waals surface area contributed by atoms with Crippen molar-refractivity contribution in [3.63, 3.8) is 0 Å². The molecule has 0 radical (unpaired) electrons. The lowest BCUT2D eigenvalue weighted by Gasteiger charge is -1.34. The van der Waals surface area contributed by atoms with Crippen LogP contribution in [0, 0.1) is 0 Å². The summed E-state index contributed by atoms with van der Waals surface area (Å²) in [5.74, 6) is 0. The molecule has 18 heavy (non-hydrogen) atoms. The van der Waals surface area contributed by atoms with Crippen LogP contribution in [-0.4, -0.2) is 22.5 Å². The highest BCUT2D eigenvalue weighted by Crippen LogP contribution is 0.966. The fourth-order valence-electron chi connectivity index (χ4n) is 0. The summed E-state index contributed by atoms with van der Waals surface area (Å²) in [4.78, 5) is 8.36. The second-order valence-electron chi connectivity index (χ2n) is 0.105. The molecule has 0 spiro atoms. The lowest BCUT2D eigenvalue weighted by Crippen LogP contribution is -1.49. The molecular formula is C14H58O4. The Labute approximate surface area is 124 Å². The molecule has 4 nitrogen and oxygen atoms in total. The van der Waals surface area contributed by atoms with Gasteiger partial charge >= 0.3 is 0 Å². The predicted octanol–water partition coefficient (Wildman–Crippen LogP) is 6.32. The van der Waals surface area contributed by atoms with Gasteiger partial charge in [0.2, 0.25) is 0 Å². The second-order valence-corrected chi connectivity index (χ2v) is 0.105. The van der Waals surface area contributed by atoms with E-state index in [1.54, 1.807) is 0 Å². The van der Waals surface area contributed by atoms with Gasteiger partial charge in [-0.05, 0) is 0 Å². The van der Waals surface area contributed by atoms with E-state index in [1.165, 1.54) is 0 Å². The van der Waals surface area contributed by atoms with E-state index >= 15 is 0 Å². The summed E-state index contributed by atoms with van der Waals surface area (Å²) >= 11 is 0. The molecule has 0 saturated carbocycles. The summed E-state index contributed by atoms with van der Waals surface area (Å²) in [5.41, 5.74) is 0. The Bertz CT molecular complexity index is 21.3. The Morgan fingerprint density at radius 1 is 0.444 bits per heavy atom. The van der Waals surface area contributed by atoms with E-state index in [1.807, 2.05) is 0 Å². The number of hydrogen-bond donors (Lipinski definition) is 1. The topological polar surface area (TPSA) is 100 Å². The van der Waals surface area contributed by atoms with Crippen molar-refractivity contribution in [2.75, 3.05) is 0 Å². The molecule has 4 heteroatoms. The standard InChI is InChI=1S/CH2O2.13CH4.2H2O/c2-1-3;;;;;;;;;;;;;;;/h1H,(H,2,3);13*1H4;2*1H2. The molecule has 0 heterocycles. The number of hydrogen-bond acceptors (Lipinski definition) is 1. The molecule has 0 aliphatic carbocycles. The summed E-state index contributed by atoms with van der Waals surface area (Å²) in [6, 6.07) is 0. The molecule has 0 aliphatic heterocycles. The minimum absolute atomic E-state index is 0. The summed E-state index contributed by atoms with van der Waals surface area (Å²) in [7, 11) is 0. The maximum absolute atomic E-state index is 8.36. The molecule has 0 aromatic heterocycles. The number of carboxylic acid groups (broad SMARTS) is 1. The van der Waals surface area contributed by atoms with Crippen LogP contribution in [0.5, 0.6) is 0 Å². The largest absolute Gasteiger partial charge is 0.483 e. The third-order valence-corrected chi connectivity index (χ3v) is 0. The van der Waals surface area contributed by atoms with Crippen molar-refractivity contribution in [1.29, 1.82) is 0 Å². The summed E-state index contributed by atoms with van der Waals surface area (Å²) in [6.07, 6.45) is 0. The molecule has 0 aromatic rings. The van der Waals surface area contributed by atoms with Gasteiger partial charge < -0.3 is 16.1 Å². The van der Waals surface area contributed by atoms with Crippen LogP contribution < -0.4 is 0 Å². The first-order valence-electron chi connectivity index (χ1n) is 0.494. The summed E-state index contributed by atoms with van der Waals surface area (Å²) in [5, 5.41) is 6.89. The lowest BCUT2D eigenvalue weighted by atomic mass is 11.7. The Morgan fingerprint density at radius 2 is 0.444 bits per heavy atom. The van der Waals surface area contributed by atoms with Crippen LogP contribution in [0.4, 0.5) is 0 Å². The van der Waals surface area contributed by atoms with Gasteiger partial charge in [-0.3, -0.25) is 4.79 Å². The Kier molecular flexibility index (Phi) is 3430000. The molecule has 0 amide bonds. The summed E-state index contributed by atoms with van der Waals surface area (Å²) < 4.78 is 0. The summed E-state index contributed by atoms with van der Waals surface area (Å²) in [6.45, 7) is -0.250. The molecule has 0 aromatic carbocycles. The van der Waals surface area contributed by atoms with Crippen LogP contribution in [0.15, 0.2) is 0 Å². The average Bonchev–Trinajstić information content (AvgIpc) is 0.918. The smallest absolute Gasteiger partial charge is 0.290 e. The van der Waals surface area contributed by atoms with Gasteiger partial charge in [0.15, 0.2) is 0 Å².